The van der Waals surface area contributed by atoms with Crippen molar-refractivity contribution in [2.75, 3.05) is 25.6 Å². The average Bonchev–Trinajstić information content (AvgIpc) is 2.96. The molecule has 0 aromatic heterocycles. The first-order valence-corrected chi connectivity index (χ1v) is 8.32. The van der Waals surface area contributed by atoms with Gasteiger partial charge in [0.25, 0.3) is 11.8 Å². The Morgan fingerprint density at radius 3 is 2.77 bits per heavy atom. The van der Waals surface area contributed by atoms with E-state index in [4.69, 9.17) is 9.47 Å². The third-order valence-corrected chi connectivity index (χ3v) is 3.94. The first-order chi connectivity index (χ1) is 12.6. The largest absolute Gasteiger partial charge is 0.493 e. The fraction of sp³-hybridized carbons (Fsp3) is 0.200. The lowest BCUT2D eigenvalue weighted by molar-refractivity contribution is -0.123. The fourth-order valence-electron chi connectivity index (χ4n) is 2.73. The average molecular weight is 352 g/mol. The number of hydrogen-bond acceptors (Lipinski definition) is 4. The van der Waals surface area contributed by atoms with E-state index in [1.165, 1.54) is 7.11 Å². The Hall–Kier alpha value is -3.28. The van der Waals surface area contributed by atoms with Gasteiger partial charge in [-0.15, -0.1) is 0 Å². The molecule has 2 aromatic rings. The quantitative estimate of drug-likeness (QED) is 0.784. The van der Waals surface area contributed by atoms with Crippen LogP contribution in [0.3, 0.4) is 0 Å². The molecule has 0 saturated carbocycles. The maximum atomic E-state index is 12.2. The van der Waals surface area contributed by atoms with Crippen molar-refractivity contribution in [1.29, 1.82) is 0 Å². The van der Waals surface area contributed by atoms with E-state index in [1.54, 1.807) is 18.2 Å². The predicted octanol–water partition coefficient (Wildman–Crippen LogP) is 2.70. The highest BCUT2D eigenvalue weighted by molar-refractivity contribution is 6.34. The Balaban J connectivity index is 1.84. The fourth-order valence-corrected chi connectivity index (χ4v) is 2.73. The molecule has 0 aliphatic carbocycles. The zero-order valence-corrected chi connectivity index (χ0v) is 14.7. The molecular weight excluding hydrogens is 332 g/mol. The number of carbonyl (C=O) groups excluding carboxylic acids is 2. The van der Waals surface area contributed by atoms with Crippen molar-refractivity contribution in [3.05, 3.63) is 53.6 Å². The van der Waals surface area contributed by atoms with Crippen LogP contribution in [-0.4, -0.2) is 32.1 Å². The third kappa shape index (κ3) is 3.69. The molecule has 0 bridgehead atoms. The van der Waals surface area contributed by atoms with Gasteiger partial charge in [-0.05, 0) is 36.8 Å². The molecule has 134 valence electrons. The number of amides is 2. The van der Waals surface area contributed by atoms with Crippen LogP contribution in [0.15, 0.2) is 42.5 Å². The predicted molar refractivity (Wildman–Crippen MR) is 100 cm³/mol. The molecule has 2 N–H and O–H groups in total. The highest BCUT2D eigenvalue weighted by Crippen LogP contribution is 2.34. The van der Waals surface area contributed by atoms with Crippen LogP contribution < -0.4 is 20.1 Å². The smallest absolute Gasteiger partial charge is 0.257 e. The van der Waals surface area contributed by atoms with Crippen molar-refractivity contribution in [2.24, 2.45) is 0 Å². The molecule has 1 aliphatic rings. The minimum atomic E-state index is -0.194. The van der Waals surface area contributed by atoms with Gasteiger partial charge in [0.15, 0.2) is 18.1 Å². The molecule has 0 spiro atoms. The number of anilines is 1. The molecule has 0 radical (unpaired) electrons. The van der Waals surface area contributed by atoms with Crippen LogP contribution >= 0.6 is 0 Å². The van der Waals surface area contributed by atoms with Crippen LogP contribution in [0.2, 0.25) is 0 Å². The normalized spacial score (nSPS) is 13.9. The zero-order chi connectivity index (χ0) is 18.5. The lowest BCUT2D eigenvalue weighted by Gasteiger charge is -2.11. The van der Waals surface area contributed by atoms with Gasteiger partial charge in [-0.25, -0.2) is 0 Å². The summed E-state index contributed by atoms with van der Waals surface area (Å²) in [6, 6.07) is 12.9. The molecule has 1 aliphatic heterocycles. The van der Waals surface area contributed by atoms with Crippen LogP contribution in [0.25, 0.3) is 11.6 Å². The van der Waals surface area contributed by atoms with Crippen molar-refractivity contribution in [1.82, 2.24) is 5.32 Å². The Bertz CT molecular complexity index is 874. The van der Waals surface area contributed by atoms with E-state index in [9.17, 15) is 9.59 Å². The maximum Gasteiger partial charge on any atom is 0.257 e. The van der Waals surface area contributed by atoms with Gasteiger partial charge in [0.1, 0.15) is 0 Å². The summed E-state index contributed by atoms with van der Waals surface area (Å²) in [5, 5.41) is 5.51. The monoisotopic (exact) mass is 352 g/mol. The van der Waals surface area contributed by atoms with Crippen molar-refractivity contribution in [3.63, 3.8) is 0 Å². The minimum absolute atomic E-state index is 0.0829. The maximum absolute atomic E-state index is 12.2. The highest BCUT2D eigenvalue weighted by atomic mass is 16.5. The van der Waals surface area contributed by atoms with Gasteiger partial charge in [-0.3, -0.25) is 9.59 Å². The standard InChI is InChI=1S/C20H20N2O4/c1-3-21-19(23)12-26-17-9-8-13(11-18(17)25-2)10-15-14-6-4-5-7-16(14)22-20(15)24/h4-11H,3,12H2,1-2H3,(H,21,23)(H,22,24). The summed E-state index contributed by atoms with van der Waals surface area (Å²) in [4.78, 5) is 23.8. The van der Waals surface area contributed by atoms with Crippen molar-refractivity contribution in [2.45, 2.75) is 6.92 Å². The molecule has 0 fully saturated rings. The van der Waals surface area contributed by atoms with Crippen molar-refractivity contribution >= 4 is 29.2 Å². The first kappa shape index (κ1) is 17.5. The molecule has 2 amide bonds. The van der Waals surface area contributed by atoms with E-state index < -0.39 is 0 Å². The molecule has 3 rings (SSSR count). The number of fused-ring (bicyclic) bond motifs is 1. The van der Waals surface area contributed by atoms with Gasteiger partial charge >= 0.3 is 0 Å². The third-order valence-electron chi connectivity index (χ3n) is 3.94. The number of methoxy groups -OCH3 is 1. The molecular formula is C20H20N2O4. The summed E-state index contributed by atoms with van der Waals surface area (Å²) < 4.78 is 10.9. The lowest BCUT2D eigenvalue weighted by Crippen LogP contribution is -2.28. The molecule has 2 aromatic carbocycles. The van der Waals surface area contributed by atoms with Gasteiger partial charge in [0, 0.05) is 23.4 Å². The Labute approximate surface area is 151 Å². The number of hydrogen-bond donors (Lipinski definition) is 2. The van der Waals surface area contributed by atoms with Crippen LogP contribution in [0.5, 0.6) is 11.5 Å². The SMILES string of the molecule is CCNC(=O)COc1ccc(C=C2C(=O)Nc3ccccc32)cc1OC. The van der Waals surface area contributed by atoms with E-state index in [-0.39, 0.29) is 18.4 Å². The van der Waals surface area contributed by atoms with Gasteiger partial charge in [-0.1, -0.05) is 24.3 Å². The van der Waals surface area contributed by atoms with Crippen molar-refractivity contribution in [3.8, 4) is 11.5 Å². The number of para-hydroxylation sites is 1. The second-order valence-corrected chi connectivity index (χ2v) is 5.71. The molecule has 6 heteroatoms. The molecule has 0 atom stereocenters. The summed E-state index contributed by atoms with van der Waals surface area (Å²) in [5.74, 6) is 0.634. The Kier molecular flexibility index (Phi) is 5.22. The minimum Gasteiger partial charge on any atom is -0.493 e. The molecule has 6 nitrogen and oxygen atoms in total. The van der Waals surface area contributed by atoms with E-state index in [0.29, 0.717) is 23.6 Å². The number of likely N-dealkylation sites (N-methyl/N-ethyl adjacent to an activating group) is 1. The Morgan fingerprint density at radius 2 is 2.00 bits per heavy atom. The van der Waals surface area contributed by atoms with Gasteiger partial charge in [0.2, 0.25) is 0 Å². The Morgan fingerprint density at radius 1 is 1.19 bits per heavy atom. The van der Waals surface area contributed by atoms with E-state index in [1.807, 2.05) is 37.3 Å². The van der Waals surface area contributed by atoms with E-state index in [2.05, 4.69) is 10.6 Å². The molecule has 0 unspecified atom stereocenters. The summed E-state index contributed by atoms with van der Waals surface area (Å²) in [7, 11) is 1.53. The van der Waals surface area contributed by atoms with Crippen LogP contribution in [0.4, 0.5) is 5.69 Å². The number of nitrogens with one attached hydrogen (secondary N) is 2. The second kappa shape index (κ2) is 7.74. The second-order valence-electron chi connectivity index (χ2n) is 5.71. The van der Waals surface area contributed by atoms with Crippen molar-refractivity contribution < 1.29 is 19.1 Å². The molecule has 0 saturated heterocycles. The van der Waals surface area contributed by atoms with Gasteiger partial charge < -0.3 is 20.1 Å². The molecule has 26 heavy (non-hydrogen) atoms. The summed E-state index contributed by atoms with van der Waals surface area (Å²) in [6.45, 7) is 2.31. The number of rotatable bonds is 6. The molecule has 1 heterocycles. The van der Waals surface area contributed by atoms with Gasteiger partial charge in [0.05, 0.1) is 7.11 Å². The van der Waals surface area contributed by atoms with Crippen LogP contribution in [0.1, 0.15) is 18.1 Å². The van der Waals surface area contributed by atoms with E-state index >= 15 is 0 Å². The van der Waals surface area contributed by atoms with Gasteiger partial charge in [-0.2, -0.15) is 0 Å². The first-order valence-electron chi connectivity index (χ1n) is 8.32. The lowest BCUT2D eigenvalue weighted by atomic mass is 10.0. The summed E-state index contributed by atoms with van der Waals surface area (Å²) in [5.41, 5.74) is 3.07. The summed E-state index contributed by atoms with van der Waals surface area (Å²) in [6.07, 6.45) is 1.80. The number of benzene rings is 2. The van der Waals surface area contributed by atoms with Crippen LogP contribution in [-0.2, 0) is 9.59 Å². The van der Waals surface area contributed by atoms with E-state index in [0.717, 1.165) is 16.8 Å². The van der Waals surface area contributed by atoms with Crippen LogP contribution in [0, 0.1) is 0 Å². The zero-order valence-electron chi connectivity index (χ0n) is 14.7. The number of carbonyl (C=O) groups is 2. The topological polar surface area (TPSA) is 76.7 Å². The highest BCUT2D eigenvalue weighted by Gasteiger charge is 2.23. The summed E-state index contributed by atoms with van der Waals surface area (Å²) >= 11 is 0. The number of ether oxygens (including phenoxy) is 2.